The molecule has 0 aliphatic rings. The molecule has 0 aliphatic heterocycles. The van der Waals surface area contributed by atoms with Gasteiger partial charge in [-0.25, -0.2) is 8.78 Å². The van der Waals surface area contributed by atoms with E-state index in [1.165, 1.54) is 24.3 Å². The standard InChI is InChI=1S/C15H14BrF2NO/c16-13-7-9(17)5-6-11(13)15(20)12(8-19)10-3-1-2-4-14(10)18/h1-7,12,15,20H,8,19H2. The van der Waals surface area contributed by atoms with Gasteiger partial charge in [-0.3, -0.25) is 0 Å². The summed E-state index contributed by atoms with van der Waals surface area (Å²) in [5, 5.41) is 10.4. The van der Waals surface area contributed by atoms with Crippen LogP contribution >= 0.6 is 15.9 Å². The molecule has 0 fully saturated rings. The smallest absolute Gasteiger partial charge is 0.126 e. The van der Waals surface area contributed by atoms with Crippen LogP contribution in [-0.2, 0) is 0 Å². The van der Waals surface area contributed by atoms with Gasteiger partial charge in [-0.05, 0) is 29.3 Å². The van der Waals surface area contributed by atoms with Gasteiger partial charge in [0.1, 0.15) is 11.6 Å². The summed E-state index contributed by atoms with van der Waals surface area (Å²) in [4.78, 5) is 0. The average Bonchev–Trinajstić information content (AvgIpc) is 2.41. The predicted molar refractivity (Wildman–Crippen MR) is 77.3 cm³/mol. The molecule has 2 unspecified atom stereocenters. The molecule has 106 valence electrons. The van der Waals surface area contributed by atoms with E-state index < -0.39 is 23.7 Å². The molecule has 2 atom stereocenters. The molecule has 0 bridgehead atoms. The molecule has 0 aliphatic carbocycles. The van der Waals surface area contributed by atoms with E-state index in [-0.39, 0.29) is 6.54 Å². The van der Waals surface area contributed by atoms with Crippen LogP contribution in [0.4, 0.5) is 8.78 Å². The van der Waals surface area contributed by atoms with Gasteiger partial charge in [0.15, 0.2) is 0 Å². The molecule has 0 aromatic heterocycles. The van der Waals surface area contributed by atoms with E-state index in [1.807, 2.05) is 0 Å². The Morgan fingerprint density at radius 2 is 1.80 bits per heavy atom. The summed E-state index contributed by atoms with van der Waals surface area (Å²) in [5.41, 5.74) is 6.50. The SMILES string of the molecule is NCC(c1ccccc1F)C(O)c1ccc(F)cc1Br. The van der Waals surface area contributed by atoms with Crippen molar-refractivity contribution in [1.82, 2.24) is 0 Å². The second kappa shape index (κ2) is 6.43. The largest absolute Gasteiger partial charge is 0.388 e. The van der Waals surface area contributed by atoms with Gasteiger partial charge < -0.3 is 10.8 Å². The van der Waals surface area contributed by atoms with Crippen molar-refractivity contribution in [2.45, 2.75) is 12.0 Å². The lowest BCUT2D eigenvalue weighted by atomic mass is 9.89. The molecule has 20 heavy (non-hydrogen) atoms. The number of halogens is 3. The lowest BCUT2D eigenvalue weighted by molar-refractivity contribution is 0.145. The minimum Gasteiger partial charge on any atom is -0.388 e. The van der Waals surface area contributed by atoms with Gasteiger partial charge in [0.25, 0.3) is 0 Å². The molecule has 0 spiro atoms. The number of aliphatic hydroxyl groups is 1. The number of hydrogen-bond acceptors (Lipinski definition) is 2. The third kappa shape index (κ3) is 3.06. The number of aliphatic hydroxyl groups excluding tert-OH is 1. The minimum absolute atomic E-state index is 0.0753. The maximum Gasteiger partial charge on any atom is 0.126 e. The van der Waals surface area contributed by atoms with Crippen LogP contribution in [0, 0.1) is 11.6 Å². The summed E-state index contributed by atoms with van der Waals surface area (Å²) in [6.07, 6.45) is -1.02. The lowest BCUT2D eigenvalue weighted by Gasteiger charge is -2.23. The number of benzene rings is 2. The van der Waals surface area contributed by atoms with E-state index in [4.69, 9.17) is 5.73 Å². The summed E-state index contributed by atoms with van der Waals surface area (Å²) in [6, 6.07) is 10.2. The van der Waals surface area contributed by atoms with E-state index in [0.717, 1.165) is 0 Å². The fraction of sp³-hybridized carbons (Fsp3) is 0.200. The molecule has 0 saturated carbocycles. The zero-order chi connectivity index (χ0) is 14.7. The van der Waals surface area contributed by atoms with Crippen LogP contribution in [0.25, 0.3) is 0 Å². The van der Waals surface area contributed by atoms with Crippen molar-refractivity contribution in [3.63, 3.8) is 0 Å². The fourth-order valence-corrected chi connectivity index (χ4v) is 2.75. The number of hydrogen-bond donors (Lipinski definition) is 2. The highest BCUT2D eigenvalue weighted by atomic mass is 79.9. The summed E-state index contributed by atoms with van der Waals surface area (Å²) < 4.78 is 27.3. The van der Waals surface area contributed by atoms with Crippen LogP contribution in [0.5, 0.6) is 0 Å². The Labute approximate surface area is 124 Å². The molecule has 0 heterocycles. The third-order valence-electron chi connectivity index (χ3n) is 3.22. The van der Waals surface area contributed by atoms with Crippen molar-refractivity contribution >= 4 is 15.9 Å². The Morgan fingerprint density at radius 3 is 2.40 bits per heavy atom. The van der Waals surface area contributed by atoms with Crippen molar-refractivity contribution in [2.24, 2.45) is 5.73 Å². The Bertz CT molecular complexity index is 606. The average molecular weight is 342 g/mol. The van der Waals surface area contributed by atoms with Crippen molar-refractivity contribution < 1.29 is 13.9 Å². The van der Waals surface area contributed by atoms with E-state index in [9.17, 15) is 13.9 Å². The Kier molecular flexibility index (Phi) is 4.86. The zero-order valence-corrected chi connectivity index (χ0v) is 12.1. The van der Waals surface area contributed by atoms with Crippen LogP contribution in [0.2, 0.25) is 0 Å². The molecule has 2 rings (SSSR count). The van der Waals surface area contributed by atoms with Crippen molar-refractivity contribution in [1.29, 1.82) is 0 Å². The van der Waals surface area contributed by atoms with Crippen LogP contribution in [0.15, 0.2) is 46.9 Å². The topological polar surface area (TPSA) is 46.2 Å². The lowest BCUT2D eigenvalue weighted by Crippen LogP contribution is -2.21. The van der Waals surface area contributed by atoms with Crippen molar-refractivity contribution in [2.75, 3.05) is 6.54 Å². The summed E-state index contributed by atoms with van der Waals surface area (Å²) in [6.45, 7) is 0.0753. The molecular weight excluding hydrogens is 328 g/mol. The molecular formula is C15H14BrF2NO. The second-order valence-electron chi connectivity index (χ2n) is 4.47. The van der Waals surface area contributed by atoms with Crippen LogP contribution in [-0.4, -0.2) is 11.7 Å². The molecule has 0 amide bonds. The first-order valence-corrected chi connectivity index (χ1v) is 6.91. The Balaban J connectivity index is 2.39. The highest BCUT2D eigenvalue weighted by Crippen LogP contribution is 2.35. The fourth-order valence-electron chi connectivity index (χ4n) is 2.16. The van der Waals surface area contributed by atoms with Crippen molar-refractivity contribution in [3.05, 3.63) is 69.7 Å². The highest BCUT2D eigenvalue weighted by molar-refractivity contribution is 9.10. The highest BCUT2D eigenvalue weighted by Gasteiger charge is 2.25. The van der Waals surface area contributed by atoms with E-state index in [2.05, 4.69) is 15.9 Å². The van der Waals surface area contributed by atoms with Crippen molar-refractivity contribution in [3.8, 4) is 0 Å². The maximum atomic E-state index is 13.8. The van der Waals surface area contributed by atoms with E-state index in [1.54, 1.807) is 18.2 Å². The monoisotopic (exact) mass is 341 g/mol. The van der Waals surface area contributed by atoms with Gasteiger partial charge in [0, 0.05) is 16.9 Å². The van der Waals surface area contributed by atoms with Crippen LogP contribution in [0.1, 0.15) is 23.1 Å². The van der Waals surface area contributed by atoms with Gasteiger partial charge in [-0.1, -0.05) is 40.2 Å². The van der Waals surface area contributed by atoms with Gasteiger partial charge in [-0.15, -0.1) is 0 Å². The molecule has 5 heteroatoms. The summed E-state index contributed by atoms with van der Waals surface area (Å²) >= 11 is 3.20. The minimum atomic E-state index is -1.02. The number of nitrogens with two attached hydrogens (primary N) is 1. The molecule has 2 aromatic rings. The molecule has 2 aromatic carbocycles. The zero-order valence-electron chi connectivity index (χ0n) is 10.6. The number of rotatable bonds is 4. The quantitative estimate of drug-likeness (QED) is 0.893. The van der Waals surface area contributed by atoms with E-state index in [0.29, 0.717) is 15.6 Å². The normalized spacial score (nSPS) is 14.1. The second-order valence-corrected chi connectivity index (χ2v) is 5.33. The van der Waals surface area contributed by atoms with Gasteiger partial charge in [0.2, 0.25) is 0 Å². The van der Waals surface area contributed by atoms with Gasteiger partial charge >= 0.3 is 0 Å². The van der Waals surface area contributed by atoms with E-state index >= 15 is 0 Å². The molecule has 0 radical (unpaired) electrons. The summed E-state index contributed by atoms with van der Waals surface area (Å²) in [7, 11) is 0. The maximum absolute atomic E-state index is 13.8. The Morgan fingerprint density at radius 1 is 1.10 bits per heavy atom. The van der Waals surface area contributed by atoms with Gasteiger partial charge in [0.05, 0.1) is 6.10 Å². The third-order valence-corrected chi connectivity index (χ3v) is 3.91. The molecule has 3 N–H and O–H groups in total. The molecule has 0 saturated heterocycles. The van der Waals surface area contributed by atoms with Crippen LogP contribution < -0.4 is 5.73 Å². The van der Waals surface area contributed by atoms with Crippen LogP contribution in [0.3, 0.4) is 0 Å². The first kappa shape index (κ1) is 15.1. The summed E-state index contributed by atoms with van der Waals surface area (Å²) in [5.74, 6) is -1.43. The van der Waals surface area contributed by atoms with Gasteiger partial charge in [-0.2, -0.15) is 0 Å². The first-order valence-electron chi connectivity index (χ1n) is 6.12. The first-order chi connectivity index (χ1) is 9.54. The molecule has 2 nitrogen and oxygen atoms in total. The predicted octanol–water partition coefficient (Wildman–Crippen LogP) is 3.50. The Hall–Kier alpha value is -1.30.